The molecule has 1 aromatic rings. The van der Waals surface area contributed by atoms with Crippen LogP contribution in [0.3, 0.4) is 0 Å². The van der Waals surface area contributed by atoms with Gasteiger partial charge in [-0.05, 0) is 56.1 Å². The average molecular weight is 428 g/mol. The Kier molecular flexibility index (Phi) is 6.87. The largest absolute Gasteiger partial charge is 0.369 e. The molecule has 31 heavy (non-hydrogen) atoms. The number of nitrogens with zero attached hydrogens (tertiary/aromatic N) is 3. The summed E-state index contributed by atoms with van der Waals surface area (Å²) in [5, 5.41) is 2.35. The summed E-state index contributed by atoms with van der Waals surface area (Å²) in [5.41, 5.74) is 8.33. The molecule has 0 radical (unpaired) electrons. The number of unbranched alkanes of at least 4 members (excludes halogenated alkanes) is 3. The van der Waals surface area contributed by atoms with Crippen molar-refractivity contribution in [2.45, 2.75) is 51.1 Å². The van der Waals surface area contributed by atoms with Crippen molar-refractivity contribution in [2.24, 2.45) is 5.73 Å². The second kappa shape index (κ2) is 9.78. The quantitative estimate of drug-likeness (QED) is 0.476. The van der Waals surface area contributed by atoms with Crippen molar-refractivity contribution in [3.8, 4) is 0 Å². The summed E-state index contributed by atoms with van der Waals surface area (Å²) in [7, 11) is 0. The van der Waals surface area contributed by atoms with E-state index in [4.69, 9.17) is 5.73 Å². The summed E-state index contributed by atoms with van der Waals surface area (Å²) in [4.78, 5) is 43.0. The molecule has 8 heteroatoms. The lowest BCUT2D eigenvalue weighted by Gasteiger charge is -2.36. The maximum Gasteiger partial charge on any atom is 0.255 e. The van der Waals surface area contributed by atoms with Crippen LogP contribution in [0, 0.1) is 0 Å². The molecule has 0 bridgehead atoms. The number of rotatable bonds is 8. The minimum atomic E-state index is -0.561. The highest BCUT2D eigenvalue weighted by molar-refractivity contribution is 6.05. The topological polar surface area (TPSA) is 99.0 Å². The van der Waals surface area contributed by atoms with Gasteiger partial charge in [0, 0.05) is 50.4 Å². The minimum absolute atomic E-state index is 0.115. The molecule has 1 atom stereocenters. The van der Waals surface area contributed by atoms with E-state index in [0.29, 0.717) is 18.5 Å². The third-order valence-corrected chi connectivity index (χ3v) is 6.67. The van der Waals surface area contributed by atoms with Crippen LogP contribution in [0.4, 0.5) is 5.69 Å². The first kappa shape index (κ1) is 21.8. The van der Waals surface area contributed by atoms with E-state index in [2.05, 4.69) is 21.2 Å². The summed E-state index contributed by atoms with van der Waals surface area (Å²) in [5.74, 6) is -0.741. The van der Waals surface area contributed by atoms with Crippen LogP contribution in [0.1, 0.15) is 54.4 Å². The van der Waals surface area contributed by atoms with E-state index in [1.807, 2.05) is 12.1 Å². The lowest BCUT2D eigenvalue weighted by molar-refractivity contribution is -0.136. The van der Waals surface area contributed by atoms with Crippen LogP contribution >= 0.6 is 0 Å². The Hall–Kier alpha value is -2.45. The summed E-state index contributed by atoms with van der Waals surface area (Å²) < 4.78 is 0. The van der Waals surface area contributed by atoms with Gasteiger partial charge >= 0.3 is 0 Å². The highest BCUT2D eigenvalue weighted by Crippen LogP contribution is 2.31. The number of hydrogen-bond donors (Lipinski definition) is 2. The van der Waals surface area contributed by atoms with E-state index in [1.165, 1.54) is 19.3 Å². The van der Waals surface area contributed by atoms with Gasteiger partial charge in [0.25, 0.3) is 5.91 Å². The Morgan fingerprint density at radius 2 is 1.77 bits per heavy atom. The lowest BCUT2D eigenvalue weighted by Crippen LogP contribution is -2.52. The maximum atomic E-state index is 12.9. The molecule has 3 amide bonds. The van der Waals surface area contributed by atoms with Crippen LogP contribution in [0.25, 0.3) is 0 Å². The van der Waals surface area contributed by atoms with Gasteiger partial charge in [0.2, 0.25) is 11.8 Å². The molecule has 1 unspecified atom stereocenters. The van der Waals surface area contributed by atoms with E-state index in [0.717, 1.165) is 56.9 Å². The highest BCUT2D eigenvalue weighted by atomic mass is 16.2. The number of benzene rings is 1. The first-order valence-electron chi connectivity index (χ1n) is 11.5. The summed E-state index contributed by atoms with van der Waals surface area (Å²) >= 11 is 0. The first-order chi connectivity index (χ1) is 15.1. The van der Waals surface area contributed by atoms with Crippen LogP contribution in [0.2, 0.25) is 0 Å². The SMILES string of the molecule is NCCCCCCN1CCN(c2ccc3c(c2)CN(C2CCC(=O)NC2=O)C3=O)CC1. The zero-order chi connectivity index (χ0) is 21.8. The molecule has 3 heterocycles. The molecule has 0 aromatic heterocycles. The molecule has 0 saturated carbocycles. The third-order valence-electron chi connectivity index (χ3n) is 6.67. The number of nitrogens with two attached hydrogens (primary N) is 1. The molecule has 2 saturated heterocycles. The second-order valence-electron chi connectivity index (χ2n) is 8.77. The van der Waals surface area contributed by atoms with E-state index in [-0.39, 0.29) is 24.1 Å². The average Bonchev–Trinajstić information content (AvgIpc) is 3.09. The highest BCUT2D eigenvalue weighted by Gasteiger charge is 2.39. The predicted octanol–water partition coefficient (Wildman–Crippen LogP) is 1.09. The molecule has 3 aliphatic heterocycles. The van der Waals surface area contributed by atoms with Crippen LogP contribution in [-0.4, -0.2) is 72.8 Å². The molecule has 4 rings (SSSR count). The van der Waals surface area contributed by atoms with Crippen LogP contribution < -0.4 is 16.0 Å². The molecular formula is C23H33N5O3. The van der Waals surface area contributed by atoms with Gasteiger partial charge in [-0.2, -0.15) is 0 Å². The van der Waals surface area contributed by atoms with Gasteiger partial charge in [-0.1, -0.05) is 12.8 Å². The zero-order valence-corrected chi connectivity index (χ0v) is 18.1. The Bertz CT molecular complexity index is 835. The fourth-order valence-corrected chi connectivity index (χ4v) is 4.82. The Morgan fingerprint density at radius 1 is 1.00 bits per heavy atom. The fourth-order valence-electron chi connectivity index (χ4n) is 4.82. The number of piperazine rings is 1. The number of anilines is 1. The van der Waals surface area contributed by atoms with Gasteiger partial charge in [0.05, 0.1) is 0 Å². The van der Waals surface area contributed by atoms with Gasteiger partial charge < -0.3 is 15.5 Å². The Balaban J connectivity index is 1.32. The number of piperidine rings is 1. The van der Waals surface area contributed by atoms with Crippen molar-refractivity contribution >= 4 is 23.4 Å². The normalized spacial score (nSPS) is 22.1. The van der Waals surface area contributed by atoms with E-state index >= 15 is 0 Å². The van der Waals surface area contributed by atoms with E-state index < -0.39 is 6.04 Å². The molecule has 0 aliphatic carbocycles. The number of imide groups is 1. The lowest BCUT2D eigenvalue weighted by atomic mass is 10.0. The summed E-state index contributed by atoms with van der Waals surface area (Å²) in [6, 6.07) is 5.45. The Labute approximate surface area is 183 Å². The van der Waals surface area contributed by atoms with Crippen LogP contribution in [0.15, 0.2) is 18.2 Å². The van der Waals surface area contributed by atoms with E-state index in [1.54, 1.807) is 4.90 Å². The molecular weight excluding hydrogens is 394 g/mol. The molecule has 3 aliphatic rings. The third kappa shape index (κ3) is 4.91. The van der Waals surface area contributed by atoms with Crippen molar-refractivity contribution in [3.05, 3.63) is 29.3 Å². The monoisotopic (exact) mass is 427 g/mol. The van der Waals surface area contributed by atoms with Crippen LogP contribution in [0.5, 0.6) is 0 Å². The summed E-state index contributed by atoms with van der Waals surface area (Å²) in [6.45, 7) is 6.43. The van der Waals surface area contributed by atoms with Gasteiger partial charge in [-0.15, -0.1) is 0 Å². The molecule has 1 aromatic carbocycles. The van der Waals surface area contributed by atoms with Crippen LogP contribution in [-0.2, 0) is 16.1 Å². The van der Waals surface area contributed by atoms with Crippen molar-refractivity contribution < 1.29 is 14.4 Å². The van der Waals surface area contributed by atoms with Crippen molar-refractivity contribution in [3.63, 3.8) is 0 Å². The second-order valence-corrected chi connectivity index (χ2v) is 8.77. The molecule has 168 valence electrons. The van der Waals surface area contributed by atoms with E-state index in [9.17, 15) is 14.4 Å². The number of carbonyl (C=O) groups excluding carboxylic acids is 3. The zero-order valence-electron chi connectivity index (χ0n) is 18.1. The number of hydrogen-bond acceptors (Lipinski definition) is 6. The van der Waals surface area contributed by atoms with Gasteiger partial charge in [-0.3, -0.25) is 24.6 Å². The molecule has 2 fully saturated rings. The summed E-state index contributed by atoms with van der Waals surface area (Å²) in [6.07, 6.45) is 5.50. The standard InChI is InChI=1S/C23H33N5O3/c24-9-3-1-2-4-10-26-11-13-27(14-12-26)18-5-6-19-17(15-18)16-28(23(19)31)20-7-8-21(29)25-22(20)30/h5-6,15,20H,1-4,7-14,16,24H2,(H,25,29,30). The van der Waals surface area contributed by atoms with Crippen molar-refractivity contribution in [2.75, 3.05) is 44.2 Å². The molecule has 8 nitrogen and oxygen atoms in total. The number of carbonyl (C=O) groups is 3. The first-order valence-corrected chi connectivity index (χ1v) is 11.5. The van der Waals surface area contributed by atoms with Gasteiger partial charge in [0.15, 0.2) is 0 Å². The molecule has 3 N–H and O–H groups in total. The van der Waals surface area contributed by atoms with Crippen molar-refractivity contribution in [1.29, 1.82) is 0 Å². The number of fused-ring (bicyclic) bond motifs is 1. The Morgan fingerprint density at radius 3 is 2.52 bits per heavy atom. The fraction of sp³-hybridized carbons (Fsp3) is 0.609. The minimum Gasteiger partial charge on any atom is -0.369 e. The smallest absolute Gasteiger partial charge is 0.255 e. The maximum absolute atomic E-state index is 12.9. The number of nitrogens with one attached hydrogen (secondary N) is 1. The van der Waals surface area contributed by atoms with Gasteiger partial charge in [0.1, 0.15) is 6.04 Å². The molecule has 0 spiro atoms. The number of amides is 3. The predicted molar refractivity (Wildman–Crippen MR) is 119 cm³/mol. The van der Waals surface area contributed by atoms with Gasteiger partial charge in [-0.25, -0.2) is 0 Å². The van der Waals surface area contributed by atoms with Crippen molar-refractivity contribution in [1.82, 2.24) is 15.1 Å².